The molecule has 0 aromatic heterocycles. The number of rotatable bonds is 2. The van der Waals surface area contributed by atoms with Gasteiger partial charge in [-0.1, -0.05) is 36.6 Å². The molecule has 0 spiro atoms. The van der Waals surface area contributed by atoms with E-state index in [2.05, 4.69) is 42.1 Å². The van der Waals surface area contributed by atoms with Gasteiger partial charge in [0.25, 0.3) is 5.97 Å². The van der Waals surface area contributed by atoms with Gasteiger partial charge >= 0.3 is 0 Å². The molecule has 0 fully saturated rings. The first-order chi connectivity index (χ1) is 8.65. The Morgan fingerprint density at radius 3 is 2.11 bits per heavy atom. The lowest BCUT2D eigenvalue weighted by atomic mass is 10.4. The van der Waals surface area contributed by atoms with Gasteiger partial charge in [-0.2, -0.15) is 0 Å². The summed E-state index contributed by atoms with van der Waals surface area (Å²) in [7, 11) is 0. The molecule has 0 unspecified atom stereocenters. The summed E-state index contributed by atoms with van der Waals surface area (Å²) in [5.41, 5.74) is 0. The second kappa shape index (κ2) is 16.7. The van der Waals surface area contributed by atoms with Gasteiger partial charge in [-0.15, -0.1) is 0 Å². The van der Waals surface area contributed by atoms with Crippen LogP contribution in [0.1, 0.15) is 6.92 Å². The summed E-state index contributed by atoms with van der Waals surface area (Å²) in [6, 6.07) is 0. The van der Waals surface area contributed by atoms with Crippen molar-refractivity contribution in [2.24, 2.45) is 0 Å². The molecule has 0 aliphatic rings. The second-order valence-corrected chi connectivity index (χ2v) is 2.49. The first-order valence-corrected chi connectivity index (χ1v) is 4.89. The van der Waals surface area contributed by atoms with Gasteiger partial charge in [0.05, 0.1) is 6.61 Å². The Morgan fingerprint density at radius 2 is 1.67 bits per heavy atom. The van der Waals surface area contributed by atoms with Crippen molar-refractivity contribution in [1.29, 1.82) is 0 Å². The van der Waals surface area contributed by atoms with Gasteiger partial charge in [0.2, 0.25) is 0 Å². The minimum Gasteiger partial charge on any atom is -0.481 e. The second-order valence-electron chi connectivity index (χ2n) is 2.49. The highest BCUT2D eigenvalue weighted by atomic mass is 16.4. The van der Waals surface area contributed by atoms with Crippen molar-refractivity contribution in [3.05, 3.63) is 37.0 Å². The molecule has 3 heteroatoms. The number of aliphatic hydroxyl groups excluding tert-OH is 1. The van der Waals surface area contributed by atoms with E-state index in [4.69, 9.17) is 15.0 Å². The average Bonchev–Trinajstić information content (AvgIpc) is 2.31. The number of carbonyl (C=O) groups is 1. The normalized spacial score (nSPS) is 7.67. The molecule has 0 saturated carbocycles. The average molecular weight is 242 g/mol. The van der Waals surface area contributed by atoms with Crippen LogP contribution in [-0.2, 0) is 4.79 Å². The maximum absolute atomic E-state index is 9.00. The van der Waals surface area contributed by atoms with Crippen LogP contribution in [0, 0.1) is 35.5 Å². The molecule has 0 amide bonds. The van der Waals surface area contributed by atoms with Crippen molar-refractivity contribution in [3.63, 3.8) is 0 Å². The maximum Gasteiger partial charge on any atom is 0.300 e. The zero-order chi connectivity index (χ0) is 14.1. The number of carboxylic acids is 1. The van der Waals surface area contributed by atoms with Crippen LogP contribution in [0.2, 0.25) is 0 Å². The molecule has 0 aliphatic carbocycles. The maximum atomic E-state index is 9.00. The van der Waals surface area contributed by atoms with Crippen LogP contribution in [0.25, 0.3) is 0 Å². The molecular formula is C15H14O3. The van der Waals surface area contributed by atoms with Gasteiger partial charge in [0.1, 0.15) is 0 Å². The summed E-state index contributed by atoms with van der Waals surface area (Å²) in [4.78, 5) is 9.00. The summed E-state index contributed by atoms with van der Waals surface area (Å²) in [5.74, 6) is 14.7. The van der Waals surface area contributed by atoms with E-state index in [-0.39, 0.29) is 6.61 Å². The predicted molar refractivity (Wildman–Crippen MR) is 72.2 cm³/mol. The fraction of sp³-hybridized carbons (Fsp3) is 0.133. The van der Waals surface area contributed by atoms with Crippen LogP contribution in [-0.4, -0.2) is 22.8 Å². The van der Waals surface area contributed by atoms with Crippen LogP contribution in [0.15, 0.2) is 37.0 Å². The lowest BCUT2D eigenvalue weighted by molar-refractivity contribution is -0.134. The number of aliphatic hydroxyl groups is 1. The third kappa shape index (κ3) is 29.2. The number of aliphatic carboxylic acids is 1. The standard InChI is InChI=1S/C13H10O.C2H4O2/c1-2-3-4-5-6-7-8-9-10-11-12-13-14;1-2(3)4/h2-4,11-12,14H,1,13H2;1H3,(H,3,4). The molecule has 0 atom stereocenters. The zero-order valence-corrected chi connectivity index (χ0v) is 10.1. The van der Waals surface area contributed by atoms with E-state index in [9.17, 15) is 0 Å². The van der Waals surface area contributed by atoms with Gasteiger partial charge in [-0.3, -0.25) is 4.79 Å². The molecule has 92 valence electrons. The Balaban J connectivity index is 0. The molecule has 0 aromatic carbocycles. The number of hydrogen-bond donors (Lipinski definition) is 2. The Bertz CT molecular complexity index is 473. The summed E-state index contributed by atoms with van der Waals surface area (Å²) >= 11 is 0. The summed E-state index contributed by atoms with van der Waals surface area (Å²) in [6.45, 7) is 4.57. The Hall–Kier alpha value is -2.67. The first kappa shape index (κ1) is 17.7. The number of allylic oxidation sites excluding steroid dienone is 4. The van der Waals surface area contributed by atoms with Crippen molar-refractivity contribution >= 4 is 5.97 Å². The van der Waals surface area contributed by atoms with Gasteiger partial charge in [-0.05, 0) is 35.8 Å². The molecule has 0 rings (SSSR count). The summed E-state index contributed by atoms with van der Waals surface area (Å²) in [6.07, 6.45) is 8.10. The molecule has 0 aliphatic heterocycles. The largest absolute Gasteiger partial charge is 0.481 e. The third-order valence-corrected chi connectivity index (χ3v) is 0.954. The van der Waals surface area contributed by atoms with E-state index in [1.165, 1.54) is 6.08 Å². The van der Waals surface area contributed by atoms with Crippen LogP contribution in [0.3, 0.4) is 0 Å². The zero-order valence-electron chi connectivity index (χ0n) is 10.1. The highest BCUT2D eigenvalue weighted by molar-refractivity contribution is 5.62. The van der Waals surface area contributed by atoms with E-state index in [0.717, 1.165) is 6.92 Å². The molecule has 0 aromatic rings. The van der Waals surface area contributed by atoms with Gasteiger partial charge < -0.3 is 10.2 Å². The third-order valence-electron chi connectivity index (χ3n) is 0.954. The van der Waals surface area contributed by atoms with Crippen molar-refractivity contribution < 1.29 is 15.0 Å². The Morgan fingerprint density at radius 1 is 1.17 bits per heavy atom. The topological polar surface area (TPSA) is 57.5 Å². The smallest absolute Gasteiger partial charge is 0.300 e. The van der Waals surface area contributed by atoms with Crippen LogP contribution in [0.5, 0.6) is 0 Å². The van der Waals surface area contributed by atoms with Gasteiger partial charge in [0.15, 0.2) is 0 Å². The van der Waals surface area contributed by atoms with Crippen LogP contribution < -0.4 is 0 Å². The highest BCUT2D eigenvalue weighted by Gasteiger charge is 1.65. The molecule has 0 saturated heterocycles. The van der Waals surface area contributed by atoms with Crippen molar-refractivity contribution in [3.8, 4) is 35.5 Å². The van der Waals surface area contributed by atoms with E-state index in [1.54, 1.807) is 24.3 Å². The molecule has 0 bridgehead atoms. The van der Waals surface area contributed by atoms with Gasteiger partial charge in [0, 0.05) is 6.92 Å². The highest BCUT2D eigenvalue weighted by Crippen LogP contribution is 1.68. The monoisotopic (exact) mass is 242 g/mol. The molecule has 2 N–H and O–H groups in total. The summed E-state index contributed by atoms with van der Waals surface area (Å²) in [5, 5.41) is 15.8. The van der Waals surface area contributed by atoms with E-state index >= 15 is 0 Å². The van der Waals surface area contributed by atoms with E-state index in [0.29, 0.717) is 0 Å². The minimum atomic E-state index is -0.833. The van der Waals surface area contributed by atoms with Crippen molar-refractivity contribution in [1.82, 2.24) is 0 Å². The molecule has 18 heavy (non-hydrogen) atoms. The minimum absolute atomic E-state index is 0.00569. The van der Waals surface area contributed by atoms with E-state index < -0.39 is 5.97 Å². The quantitative estimate of drug-likeness (QED) is 0.568. The fourth-order valence-corrected chi connectivity index (χ4v) is 0.446. The first-order valence-electron chi connectivity index (χ1n) is 4.89. The predicted octanol–water partition coefficient (Wildman–Crippen LogP) is 1.38. The molecule has 3 nitrogen and oxygen atoms in total. The van der Waals surface area contributed by atoms with Crippen molar-refractivity contribution in [2.45, 2.75) is 6.92 Å². The lowest BCUT2D eigenvalue weighted by Gasteiger charge is -1.68. The molecular weight excluding hydrogens is 228 g/mol. The van der Waals surface area contributed by atoms with Crippen molar-refractivity contribution in [2.75, 3.05) is 6.61 Å². The van der Waals surface area contributed by atoms with Crippen LogP contribution >= 0.6 is 0 Å². The van der Waals surface area contributed by atoms with E-state index in [1.807, 2.05) is 0 Å². The SMILES string of the molecule is C=CC=CC#CC#CC#CC=CCO.CC(=O)O. The van der Waals surface area contributed by atoms with Gasteiger partial charge in [-0.25, -0.2) is 0 Å². The Kier molecular flexibility index (Phi) is 16.5. The fourth-order valence-electron chi connectivity index (χ4n) is 0.446. The Labute approximate surface area is 108 Å². The lowest BCUT2D eigenvalue weighted by Crippen LogP contribution is -1.78. The number of hydrogen-bond acceptors (Lipinski definition) is 2. The number of carboxylic acid groups (broad SMARTS) is 1. The molecule has 0 radical (unpaired) electrons. The molecule has 0 heterocycles. The van der Waals surface area contributed by atoms with Crippen LogP contribution in [0.4, 0.5) is 0 Å². The summed E-state index contributed by atoms with van der Waals surface area (Å²) < 4.78 is 0.